The van der Waals surface area contributed by atoms with Crippen molar-refractivity contribution in [1.29, 1.82) is 0 Å². The number of hydrogen-bond acceptors (Lipinski definition) is 3. The summed E-state index contributed by atoms with van der Waals surface area (Å²) in [7, 11) is 3.81. The summed E-state index contributed by atoms with van der Waals surface area (Å²) < 4.78 is 0. The molecular formula is C12H18N2O. The quantitative estimate of drug-likeness (QED) is 0.753. The van der Waals surface area contributed by atoms with Crippen LogP contribution in [0.4, 0.5) is 0 Å². The maximum absolute atomic E-state index is 11.5. The fourth-order valence-electron chi connectivity index (χ4n) is 1.70. The van der Waals surface area contributed by atoms with Gasteiger partial charge in [0, 0.05) is 11.9 Å². The first-order valence-corrected chi connectivity index (χ1v) is 5.18. The van der Waals surface area contributed by atoms with E-state index in [2.05, 4.69) is 11.9 Å². The number of Topliss-reactive ketones (excluding diaryl/α,β-unsaturated/α-hetero) is 1. The lowest BCUT2D eigenvalue weighted by molar-refractivity contribution is -0.121. The highest BCUT2D eigenvalue weighted by Gasteiger charge is 2.18. The summed E-state index contributed by atoms with van der Waals surface area (Å²) in [6, 6.07) is 3.79. The number of nitrogens with zero attached hydrogens (tertiary/aromatic N) is 2. The number of aromatic nitrogens is 1. The number of rotatable bonds is 4. The average Bonchev–Trinajstić information content (AvgIpc) is 2.18. The molecule has 1 heterocycles. The number of carbonyl (C=O) groups excluding carboxylic acids is 1. The van der Waals surface area contributed by atoms with Crippen LogP contribution in [-0.4, -0.2) is 29.8 Å². The molecule has 82 valence electrons. The molecule has 1 aromatic rings. The minimum absolute atomic E-state index is 0.144. The molecule has 1 atom stereocenters. The van der Waals surface area contributed by atoms with Crippen molar-refractivity contribution in [3.05, 3.63) is 29.6 Å². The molecule has 3 heteroatoms. The Labute approximate surface area is 91.1 Å². The summed E-state index contributed by atoms with van der Waals surface area (Å²) in [4.78, 5) is 17.7. The average molecular weight is 206 g/mol. The highest BCUT2D eigenvalue weighted by molar-refractivity contribution is 5.82. The number of pyridine rings is 1. The second-order valence-corrected chi connectivity index (χ2v) is 3.91. The fraction of sp³-hybridized carbons (Fsp3) is 0.500. The summed E-state index contributed by atoms with van der Waals surface area (Å²) in [5.41, 5.74) is 2.02. The van der Waals surface area contributed by atoms with Crippen molar-refractivity contribution < 1.29 is 4.79 Å². The fourth-order valence-corrected chi connectivity index (χ4v) is 1.70. The number of ketones is 1. The Hall–Kier alpha value is -1.22. The number of carbonyl (C=O) groups is 1. The van der Waals surface area contributed by atoms with Gasteiger partial charge in [0.25, 0.3) is 0 Å². The highest BCUT2D eigenvalue weighted by Crippen LogP contribution is 2.18. The minimum atomic E-state index is -0.177. The lowest BCUT2D eigenvalue weighted by Crippen LogP contribution is -2.26. The zero-order chi connectivity index (χ0) is 11.4. The third kappa shape index (κ3) is 2.86. The Bertz CT molecular complexity index is 330. The van der Waals surface area contributed by atoms with Crippen molar-refractivity contribution in [3.63, 3.8) is 0 Å². The first-order chi connectivity index (χ1) is 7.06. The van der Waals surface area contributed by atoms with E-state index in [1.165, 1.54) is 0 Å². The largest absolute Gasteiger partial charge is 0.298 e. The van der Waals surface area contributed by atoms with Gasteiger partial charge in [0.15, 0.2) is 5.78 Å². The van der Waals surface area contributed by atoms with E-state index in [0.29, 0.717) is 0 Å². The van der Waals surface area contributed by atoms with Gasteiger partial charge in [-0.2, -0.15) is 0 Å². The predicted molar refractivity (Wildman–Crippen MR) is 60.7 cm³/mol. The molecular weight excluding hydrogens is 188 g/mol. The zero-order valence-corrected chi connectivity index (χ0v) is 9.82. The molecule has 0 aliphatic heterocycles. The molecule has 15 heavy (non-hydrogen) atoms. The molecule has 0 saturated heterocycles. The minimum Gasteiger partial charge on any atom is -0.298 e. The molecule has 0 aromatic carbocycles. The molecule has 1 unspecified atom stereocenters. The van der Waals surface area contributed by atoms with Gasteiger partial charge in [-0.15, -0.1) is 0 Å². The SMILES string of the molecule is CCc1ccc(C(C(C)=O)N(C)C)cn1. The molecule has 1 rings (SSSR count). The standard InChI is InChI=1S/C12H18N2O/c1-5-11-7-6-10(8-13-11)12(9(2)15)14(3)4/h6-8,12H,5H2,1-4H3. The molecule has 0 aliphatic carbocycles. The molecule has 0 radical (unpaired) electrons. The summed E-state index contributed by atoms with van der Waals surface area (Å²) in [6.07, 6.45) is 2.72. The van der Waals surface area contributed by atoms with Gasteiger partial charge in [-0.05, 0) is 39.1 Å². The summed E-state index contributed by atoms with van der Waals surface area (Å²) in [5.74, 6) is 0.144. The van der Waals surface area contributed by atoms with Crippen LogP contribution in [0.1, 0.15) is 31.1 Å². The Morgan fingerprint density at radius 2 is 2.13 bits per heavy atom. The lowest BCUT2D eigenvalue weighted by Gasteiger charge is -2.21. The monoisotopic (exact) mass is 206 g/mol. The van der Waals surface area contributed by atoms with E-state index in [4.69, 9.17) is 0 Å². The normalized spacial score (nSPS) is 12.9. The molecule has 0 N–H and O–H groups in total. The van der Waals surface area contributed by atoms with Gasteiger partial charge >= 0.3 is 0 Å². The first-order valence-electron chi connectivity index (χ1n) is 5.18. The Balaban J connectivity index is 2.97. The van der Waals surface area contributed by atoms with Crippen LogP contribution in [0, 0.1) is 0 Å². The van der Waals surface area contributed by atoms with E-state index >= 15 is 0 Å². The maximum atomic E-state index is 11.5. The summed E-state index contributed by atoms with van der Waals surface area (Å²) in [5, 5.41) is 0. The Kier molecular flexibility index (Phi) is 3.97. The lowest BCUT2D eigenvalue weighted by atomic mass is 10.0. The van der Waals surface area contributed by atoms with E-state index in [1.807, 2.05) is 31.1 Å². The van der Waals surface area contributed by atoms with Crippen LogP contribution >= 0.6 is 0 Å². The predicted octanol–water partition coefficient (Wildman–Crippen LogP) is 1.84. The second kappa shape index (κ2) is 5.03. The maximum Gasteiger partial charge on any atom is 0.151 e. The second-order valence-electron chi connectivity index (χ2n) is 3.91. The van der Waals surface area contributed by atoms with E-state index < -0.39 is 0 Å². The molecule has 3 nitrogen and oxygen atoms in total. The van der Waals surface area contributed by atoms with Gasteiger partial charge < -0.3 is 0 Å². The molecule has 0 spiro atoms. The molecule has 0 fully saturated rings. The number of aryl methyl sites for hydroxylation is 1. The van der Waals surface area contributed by atoms with E-state index in [9.17, 15) is 4.79 Å². The number of hydrogen-bond donors (Lipinski definition) is 0. The van der Waals surface area contributed by atoms with Crippen molar-refractivity contribution in [3.8, 4) is 0 Å². The Morgan fingerprint density at radius 3 is 2.47 bits per heavy atom. The van der Waals surface area contributed by atoms with E-state index in [-0.39, 0.29) is 11.8 Å². The molecule has 0 saturated carbocycles. The smallest absolute Gasteiger partial charge is 0.151 e. The Morgan fingerprint density at radius 1 is 1.47 bits per heavy atom. The van der Waals surface area contributed by atoms with E-state index in [1.54, 1.807) is 13.1 Å². The van der Waals surface area contributed by atoms with Gasteiger partial charge in [0.2, 0.25) is 0 Å². The highest BCUT2D eigenvalue weighted by atomic mass is 16.1. The summed E-state index contributed by atoms with van der Waals surface area (Å²) >= 11 is 0. The zero-order valence-electron chi connectivity index (χ0n) is 9.82. The van der Waals surface area contributed by atoms with Crippen LogP contribution in [0.15, 0.2) is 18.3 Å². The van der Waals surface area contributed by atoms with Crippen molar-refractivity contribution in [2.45, 2.75) is 26.3 Å². The molecule has 1 aromatic heterocycles. The van der Waals surface area contributed by atoms with Crippen molar-refractivity contribution in [2.24, 2.45) is 0 Å². The molecule has 0 aliphatic rings. The van der Waals surface area contributed by atoms with Gasteiger partial charge in [-0.25, -0.2) is 0 Å². The van der Waals surface area contributed by atoms with Crippen LogP contribution < -0.4 is 0 Å². The van der Waals surface area contributed by atoms with E-state index in [0.717, 1.165) is 17.7 Å². The van der Waals surface area contributed by atoms with Gasteiger partial charge in [0.1, 0.15) is 0 Å². The topological polar surface area (TPSA) is 33.2 Å². The van der Waals surface area contributed by atoms with Crippen molar-refractivity contribution >= 4 is 5.78 Å². The van der Waals surface area contributed by atoms with Gasteiger partial charge in [0.05, 0.1) is 6.04 Å². The number of likely N-dealkylation sites (N-methyl/N-ethyl adjacent to an activating group) is 1. The third-order valence-electron chi connectivity index (χ3n) is 2.43. The third-order valence-corrected chi connectivity index (χ3v) is 2.43. The van der Waals surface area contributed by atoms with Crippen LogP contribution in [0.2, 0.25) is 0 Å². The van der Waals surface area contributed by atoms with Gasteiger partial charge in [-0.1, -0.05) is 13.0 Å². The molecule has 0 bridgehead atoms. The van der Waals surface area contributed by atoms with Crippen molar-refractivity contribution in [1.82, 2.24) is 9.88 Å². The van der Waals surface area contributed by atoms with Crippen LogP contribution in [0.3, 0.4) is 0 Å². The van der Waals surface area contributed by atoms with Crippen LogP contribution in [-0.2, 0) is 11.2 Å². The van der Waals surface area contributed by atoms with Crippen LogP contribution in [0.25, 0.3) is 0 Å². The molecule has 0 amide bonds. The summed E-state index contributed by atoms with van der Waals surface area (Å²) in [6.45, 7) is 3.68. The first kappa shape index (κ1) is 11.9. The van der Waals surface area contributed by atoms with Crippen molar-refractivity contribution in [2.75, 3.05) is 14.1 Å². The van der Waals surface area contributed by atoms with Crippen LogP contribution in [0.5, 0.6) is 0 Å². The van der Waals surface area contributed by atoms with Gasteiger partial charge in [-0.3, -0.25) is 14.7 Å².